The molecule has 0 aliphatic carbocycles. The van der Waals surface area contributed by atoms with Crippen LogP contribution in [0.3, 0.4) is 0 Å². The maximum absolute atomic E-state index is 13.0. The molecular weight excluding hydrogens is 348 g/mol. The highest BCUT2D eigenvalue weighted by molar-refractivity contribution is 6.00. The third-order valence-electron chi connectivity index (χ3n) is 5.61. The fourth-order valence-electron chi connectivity index (χ4n) is 4.10. The van der Waals surface area contributed by atoms with Crippen molar-refractivity contribution in [1.82, 2.24) is 9.80 Å². The standard InChI is InChI=1S/C24H20N2O2/c27-23(25-13-19-6-1-2-7-20(19)14-25)17-10-5-11-18(12-17)24(28)26-15-21-8-3-4-9-22(21)16-26/h1-12H,13-16H2. The Bertz CT molecular complexity index is 956. The number of hydrogen-bond acceptors (Lipinski definition) is 2. The summed E-state index contributed by atoms with van der Waals surface area (Å²) in [6.07, 6.45) is 0. The molecule has 0 N–H and O–H groups in total. The molecule has 3 aromatic rings. The zero-order chi connectivity index (χ0) is 19.1. The van der Waals surface area contributed by atoms with Crippen LogP contribution >= 0.6 is 0 Å². The Labute approximate surface area is 164 Å². The molecule has 0 fully saturated rings. The van der Waals surface area contributed by atoms with Crippen molar-refractivity contribution in [2.24, 2.45) is 0 Å². The van der Waals surface area contributed by atoms with E-state index in [4.69, 9.17) is 0 Å². The lowest BCUT2D eigenvalue weighted by molar-refractivity contribution is 0.0749. The molecular formula is C24H20N2O2. The molecule has 0 aromatic heterocycles. The van der Waals surface area contributed by atoms with Gasteiger partial charge in [-0.05, 0) is 40.5 Å². The number of benzene rings is 3. The second kappa shape index (κ2) is 6.64. The zero-order valence-corrected chi connectivity index (χ0v) is 15.5. The SMILES string of the molecule is O=C(c1cccc(C(=O)N2Cc3ccccc3C2)c1)N1Cc2ccccc2C1. The molecule has 2 aliphatic rings. The molecule has 2 aliphatic heterocycles. The molecule has 0 radical (unpaired) electrons. The van der Waals surface area contributed by atoms with Crippen molar-refractivity contribution in [2.45, 2.75) is 26.2 Å². The van der Waals surface area contributed by atoms with Gasteiger partial charge in [-0.1, -0.05) is 54.6 Å². The summed E-state index contributed by atoms with van der Waals surface area (Å²) in [5, 5.41) is 0. The van der Waals surface area contributed by atoms with E-state index in [1.807, 2.05) is 34.1 Å². The first-order valence-corrected chi connectivity index (χ1v) is 9.51. The summed E-state index contributed by atoms with van der Waals surface area (Å²) in [6, 6.07) is 23.4. The molecule has 0 bridgehead atoms. The van der Waals surface area contributed by atoms with Crippen molar-refractivity contribution < 1.29 is 9.59 Å². The van der Waals surface area contributed by atoms with Gasteiger partial charge in [0.25, 0.3) is 11.8 Å². The fraction of sp³-hybridized carbons (Fsp3) is 0.167. The Morgan fingerprint density at radius 1 is 0.536 bits per heavy atom. The minimum atomic E-state index is -0.0319. The molecule has 0 unspecified atom stereocenters. The number of rotatable bonds is 2. The van der Waals surface area contributed by atoms with Gasteiger partial charge in [-0.25, -0.2) is 0 Å². The first kappa shape index (κ1) is 16.8. The van der Waals surface area contributed by atoms with Crippen LogP contribution in [0, 0.1) is 0 Å². The Morgan fingerprint density at radius 3 is 1.25 bits per heavy atom. The van der Waals surface area contributed by atoms with Gasteiger partial charge in [-0.15, -0.1) is 0 Å². The fourth-order valence-corrected chi connectivity index (χ4v) is 4.10. The van der Waals surface area contributed by atoms with Crippen LogP contribution in [0.25, 0.3) is 0 Å². The van der Waals surface area contributed by atoms with E-state index in [0.29, 0.717) is 37.3 Å². The lowest BCUT2D eigenvalue weighted by Gasteiger charge is -2.18. The van der Waals surface area contributed by atoms with Crippen LogP contribution in [0.4, 0.5) is 0 Å². The molecule has 28 heavy (non-hydrogen) atoms. The van der Waals surface area contributed by atoms with Crippen LogP contribution in [0.2, 0.25) is 0 Å². The van der Waals surface area contributed by atoms with Crippen molar-refractivity contribution in [2.75, 3.05) is 0 Å². The van der Waals surface area contributed by atoms with E-state index in [0.717, 1.165) is 0 Å². The number of nitrogens with zero attached hydrogens (tertiary/aromatic N) is 2. The van der Waals surface area contributed by atoms with Gasteiger partial charge < -0.3 is 9.80 Å². The van der Waals surface area contributed by atoms with Crippen molar-refractivity contribution >= 4 is 11.8 Å². The predicted molar refractivity (Wildman–Crippen MR) is 106 cm³/mol. The molecule has 5 rings (SSSR count). The van der Waals surface area contributed by atoms with Crippen molar-refractivity contribution in [3.8, 4) is 0 Å². The van der Waals surface area contributed by atoms with Crippen LogP contribution in [-0.4, -0.2) is 21.6 Å². The van der Waals surface area contributed by atoms with Crippen molar-refractivity contribution in [3.63, 3.8) is 0 Å². The topological polar surface area (TPSA) is 40.6 Å². The maximum Gasteiger partial charge on any atom is 0.254 e. The molecule has 3 aromatic carbocycles. The molecule has 0 atom stereocenters. The predicted octanol–water partition coefficient (Wildman–Crippen LogP) is 4.00. The van der Waals surface area contributed by atoms with Crippen LogP contribution in [-0.2, 0) is 26.2 Å². The highest BCUT2D eigenvalue weighted by Crippen LogP contribution is 2.26. The van der Waals surface area contributed by atoms with E-state index in [2.05, 4.69) is 24.3 Å². The number of fused-ring (bicyclic) bond motifs is 2. The van der Waals surface area contributed by atoms with Gasteiger partial charge in [0.15, 0.2) is 0 Å². The average Bonchev–Trinajstić information content (AvgIpc) is 3.36. The summed E-state index contributed by atoms with van der Waals surface area (Å²) in [4.78, 5) is 29.6. The normalized spacial score (nSPS) is 14.7. The van der Waals surface area contributed by atoms with E-state index in [1.54, 1.807) is 24.3 Å². The molecule has 138 valence electrons. The third kappa shape index (κ3) is 2.87. The Hall–Kier alpha value is -3.40. The van der Waals surface area contributed by atoms with E-state index in [9.17, 15) is 9.59 Å². The lowest BCUT2D eigenvalue weighted by atomic mass is 10.1. The minimum absolute atomic E-state index is 0.0319. The van der Waals surface area contributed by atoms with Gasteiger partial charge in [-0.3, -0.25) is 9.59 Å². The maximum atomic E-state index is 13.0. The number of hydrogen-bond donors (Lipinski definition) is 0. The monoisotopic (exact) mass is 368 g/mol. The first-order chi connectivity index (χ1) is 13.7. The smallest absolute Gasteiger partial charge is 0.254 e. The summed E-state index contributed by atoms with van der Waals surface area (Å²) >= 11 is 0. The van der Waals surface area contributed by atoms with E-state index >= 15 is 0 Å². The lowest BCUT2D eigenvalue weighted by Crippen LogP contribution is -2.27. The summed E-state index contributed by atoms with van der Waals surface area (Å²) in [5.74, 6) is -0.0638. The van der Waals surface area contributed by atoms with E-state index in [1.165, 1.54) is 22.3 Å². The molecule has 0 saturated carbocycles. The Balaban J connectivity index is 1.34. The van der Waals surface area contributed by atoms with Gasteiger partial charge >= 0.3 is 0 Å². The quantitative estimate of drug-likeness (QED) is 0.686. The first-order valence-electron chi connectivity index (χ1n) is 9.51. The van der Waals surface area contributed by atoms with Gasteiger partial charge in [0.05, 0.1) is 0 Å². The van der Waals surface area contributed by atoms with Crippen molar-refractivity contribution in [3.05, 3.63) is 106 Å². The Morgan fingerprint density at radius 2 is 0.893 bits per heavy atom. The third-order valence-corrected chi connectivity index (χ3v) is 5.61. The largest absolute Gasteiger partial charge is 0.330 e. The van der Waals surface area contributed by atoms with Crippen molar-refractivity contribution in [1.29, 1.82) is 0 Å². The summed E-state index contributed by atoms with van der Waals surface area (Å²) < 4.78 is 0. The van der Waals surface area contributed by atoms with Crippen LogP contribution in [0.5, 0.6) is 0 Å². The van der Waals surface area contributed by atoms with E-state index in [-0.39, 0.29) is 11.8 Å². The van der Waals surface area contributed by atoms with Gasteiger partial charge in [0, 0.05) is 37.3 Å². The molecule has 2 heterocycles. The second-order valence-electron chi connectivity index (χ2n) is 7.44. The number of amides is 2. The van der Waals surface area contributed by atoms with Crippen LogP contribution in [0.15, 0.2) is 72.8 Å². The number of carbonyl (C=O) groups excluding carboxylic acids is 2. The Kier molecular flexibility index (Phi) is 3.97. The van der Waals surface area contributed by atoms with E-state index < -0.39 is 0 Å². The molecule has 4 heteroatoms. The van der Waals surface area contributed by atoms with Gasteiger partial charge in [0.2, 0.25) is 0 Å². The summed E-state index contributed by atoms with van der Waals surface area (Å²) in [5.41, 5.74) is 5.90. The molecule has 2 amide bonds. The zero-order valence-electron chi connectivity index (χ0n) is 15.5. The number of carbonyl (C=O) groups is 2. The molecule has 4 nitrogen and oxygen atoms in total. The summed E-state index contributed by atoms with van der Waals surface area (Å²) in [7, 11) is 0. The summed E-state index contributed by atoms with van der Waals surface area (Å²) in [6.45, 7) is 2.48. The molecule has 0 spiro atoms. The second-order valence-corrected chi connectivity index (χ2v) is 7.44. The van der Waals surface area contributed by atoms with Gasteiger partial charge in [0.1, 0.15) is 0 Å². The average molecular weight is 368 g/mol. The highest BCUT2D eigenvalue weighted by Gasteiger charge is 2.26. The van der Waals surface area contributed by atoms with Crippen LogP contribution < -0.4 is 0 Å². The highest BCUT2D eigenvalue weighted by atomic mass is 16.2. The minimum Gasteiger partial charge on any atom is -0.330 e. The van der Waals surface area contributed by atoms with Crippen LogP contribution in [0.1, 0.15) is 43.0 Å². The van der Waals surface area contributed by atoms with Gasteiger partial charge in [-0.2, -0.15) is 0 Å². The molecule has 0 saturated heterocycles.